The number of rotatable bonds is 15. The van der Waals surface area contributed by atoms with Crippen LogP contribution in [0.4, 0.5) is 10.3 Å². The first kappa shape index (κ1) is 45.5. The molecule has 8 N–H and O–H groups in total. The van der Waals surface area contributed by atoms with Gasteiger partial charge in [-0.3, -0.25) is 29.0 Å². The van der Waals surface area contributed by atoms with Crippen LogP contribution < -0.4 is 27.2 Å². The van der Waals surface area contributed by atoms with Crippen molar-refractivity contribution < 1.29 is 63.0 Å². The summed E-state index contributed by atoms with van der Waals surface area (Å²) in [6, 6.07) is -1.90. The minimum Gasteiger partial charge on any atom is -0.543 e. The fourth-order valence-electron chi connectivity index (χ4n) is 7.17. The van der Waals surface area contributed by atoms with Crippen molar-refractivity contribution in [1.82, 2.24) is 30.4 Å². The Morgan fingerprint density at radius 3 is 1.89 bits per heavy atom. The van der Waals surface area contributed by atoms with Gasteiger partial charge in [0.25, 0.3) is 23.6 Å². The monoisotopic (exact) mass is 933 g/mol. The van der Waals surface area contributed by atoms with Crippen LogP contribution in [0.5, 0.6) is 0 Å². The maximum Gasteiger partial charge on any atom is 0.352 e. The number of β-lactam (4-membered cyclic amide) rings is 2. The van der Waals surface area contributed by atoms with E-state index in [1.54, 1.807) is 5.38 Å². The Morgan fingerprint density at radius 2 is 1.44 bits per heavy atom. The van der Waals surface area contributed by atoms with Gasteiger partial charge >= 0.3 is 11.9 Å². The van der Waals surface area contributed by atoms with Gasteiger partial charge in [-0.2, -0.15) is 0 Å². The molecule has 0 unspecified atom stereocenters. The number of oxime groups is 2. The molecule has 0 bridgehead atoms. The summed E-state index contributed by atoms with van der Waals surface area (Å²) in [6.07, 6.45) is 3.59. The highest BCUT2D eigenvalue weighted by Crippen LogP contribution is 2.42. The molecule has 0 aromatic carbocycles. The second kappa shape index (κ2) is 18.9. The molecule has 0 radical (unpaired) electrons. The number of anilines is 2. The number of likely N-dealkylation sites (tertiary alicyclic amines) is 1. The van der Waals surface area contributed by atoms with E-state index < -0.39 is 71.0 Å². The summed E-state index contributed by atoms with van der Waals surface area (Å²) in [5.41, 5.74) is 11.9. The van der Waals surface area contributed by atoms with Crippen molar-refractivity contribution in [2.75, 3.05) is 63.4 Å². The predicted molar refractivity (Wildman–Crippen MR) is 224 cm³/mol. The van der Waals surface area contributed by atoms with E-state index in [0.717, 1.165) is 58.0 Å². The normalized spacial score (nSPS) is 22.9. The zero-order valence-corrected chi connectivity index (χ0v) is 36.1. The summed E-state index contributed by atoms with van der Waals surface area (Å²) in [4.78, 5) is 105. The van der Waals surface area contributed by atoms with Crippen molar-refractivity contribution in [1.29, 1.82) is 0 Å². The number of allylic oxidation sites excluding steroid dienone is 1. The molecule has 7 heterocycles. The number of nitrogens with one attached hydrogen (secondary N) is 2. The van der Waals surface area contributed by atoms with E-state index in [0.29, 0.717) is 29.2 Å². The molecule has 4 atom stereocenters. The van der Waals surface area contributed by atoms with Crippen LogP contribution in [-0.4, -0.2) is 162 Å². The highest BCUT2D eigenvalue weighted by molar-refractivity contribution is 8.00. The van der Waals surface area contributed by atoms with E-state index in [1.807, 2.05) is 0 Å². The van der Waals surface area contributed by atoms with Gasteiger partial charge in [0.05, 0.1) is 31.8 Å². The van der Waals surface area contributed by atoms with Crippen molar-refractivity contribution in [3.8, 4) is 0 Å². The fraction of sp³-hybridized carbons (Fsp3) is 0.400. The van der Waals surface area contributed by atoms with Crippen LogP contribution >= 0.6 is 46.2 Å². The predicted octanol–water partition coefficient (Wildman–Crippen LogP) is -1.82. The number of nitrogens with zero attached hydrogens (tertiary/aromatic N) is 7. The Kier molecular flexibility index (Phi) is 13.9. The molecule has 23 nitrogen and oxygen atoms in total. The molecule has 2 aromatic heterocycles. The number of nitrogens with two attached hydrogens (primary N) is 2. The Balaban J connectivity index is 0.000000207. The number of carbonyl (C=O) groups is 7. The smallest absolute Gasteiger partial charge is 0.352 e. The molecule has 0 saturated carbocycles. The van der Waals surface area contributed by atoms with Crippen LogP contribution in [0, 0.1) is 0 Å². The van der Waals surface area contributed by atoms with Gasteiger partial charge < -0.3 is 56.4 Å². The molecule has 3 saturated heterocycles. The van der Waals surface area contributed by atoms with Crippen molar-refractivity contribution >= 4 is 109 Å². The van der Waals surface area contributed by atoms with Gasteiger partial charge in [-0.1, -0.05) is 23.0 Å². The maximum absolute atomic E-state index is 12.9. The number of hydrogen-bond acceptors (Lipinski definition) is 20. The molecule has 27 heteroatoms. The molecule has 5 aliphatic rings. The van der Waals surface area contributed by atoms with Gasteiger partial charge in [0.1, 0.15) is 53.6 Å². The number of carbonyl (C=O) groups excluding carboxylic acids is 5. The SMILES string of the molecule is C=CC1=C(C(=O)O)N2C(=O)[C@@H](NC(=O)/C(=N\OCC(=O)O)c3csc(N)n3)[C@H]2SC1.CO/N=C(\C(=O)N[C@@H]1C(=O)N2C(C(=O)[O-])=C(C[N+]3(C)CCCC3)CS[C@H]12)c1csc(N)n1. The van der Waals surface area contributed by atoms with E-state index >= 15 is 0 Å². The number of quaternary nitrogens is 1. The lowest BCUT2D eigenvalue weighted by Crippen LogP contribution is -2.71. The lowest BCUT2D eigenvalue weighted by molar-refractivity contribution is -0.893. The van der Waals surface area contributed by atoms with Gasteiger partial charge in [-0.15, -0.1) is 46.2 Å². The van der Waals surface area contributed by atoms with Crippen LogP contribution in [-0.2, 0) is 43.2 Å². The molecule has 5 aliphatic heterocycles. The number of thioether (sulfide) groups is 2. The first-order valence-corrected chi connectivity index (χ1v) is 22.2. The van der Waals surface area contributed by atoms with Crippen molar-refractivity contribution in [3.05, 3.63) is 57.3 Å². The fourth-order valence-corrected chi connectivity index (χ4v) is 10.9. The van der Waals surface area contributed by atoms with E-state index in [-0.39, 0.29) is 44.5 Å². The van der Waals surface area contributed by atoms with Gasteiger partial charge in [-0.05, 0) is 5.57 Å². The van der Waals surface area contributed by atoms with Crippen molar-refractivity contribution in [2.45, 2.75) is 35.7 Å². The standard InChI is InChI=1S/C19H24N6O5S2.C16H15N5O7S2/c1-25(5-3-4-6-25)7-10-8-31-17-13(16(27)24(17)14(10)18(28)29)22-15(26)12(23-30-2)11-9-32-19(20)21-11;1-2-6-4-29-14-10(13(25)21(14)11(6)15(26)27)19-12(24)9(20-28-3-8(22)23)7-5-30-16(17)18-7/h9,13,17H,3-8H2,1-2H3,(H3-,20,21,22,26,28,29);2,5,10,14H,1,3-4H2,(H2,17,18)(H,19,24)(H,22,23)(H,26,27)/b23-12-;20-9-/t13-,17-;10-,14-/m11/s1. The first-order chi connectivity index (χ1) is 29.5. The second-order valence-electron chi connectivity index (χ2n) is 14.1. The zero-order valence-electron chi connectivity index (χ0n) is 32.8. The van der Waals surface area contributed by atoms with Crippen LogP contribution in [0.15, 0.2) is 56.3 Å². The largest absolute Gasteiger partial charge is 0.543 e. The van der Waals surface area contributed by atoms with Gasteiger partial charge in [0.15, 0.2) is 21.7 Å². The van der Waals surface area contributed by atoms with Crippen LogP contribution in [0.25, 0.3) is 0 Å². The van der Waals surface area contributed by atoms with Crippen LogP contribution in [0.1, 0.15) is 24.2 Å². The Bertz CT molecular complexity index is 2340. The third-order valence-corrected chi connectivity index (χ3v) is 14.0. The Labute approximate surface area is 368 Å². The molecule has 3 fully saturated rings. The van der Waals surface area contributed by atoms with E-state index in [2.05, 4.69) is 49.4 Å². The molecule has 4 amide bonds. The third kappa shape index (κ3) is 9.39. The van der Waals surface area contributed by atoms with Crippen molar-refractivity contribution in [2.24, 2.45) is 10.3 Å². The topological polar surface area (TPSA) is 335 Å². The number of thiazole rings is 2. The average Bonchev–Trinajstić information content (AvgIpc) is 3.99. The quantitative estimate of drug-likeness (QED) is 0.0495. The molecule has 62 heavy (non-hydrogen) atoms. The number of carboxylic acid groups (broad SMARTS) is 3. The lowest BCUT2D eigenvalue weighted by Gasteiger charge is -2.51. The van der Waals surface area contributed by atoms with Gasteiger partial charge in [-0.25, -0.2) is 19.6 Å². The van der Waals surface area contributed by atoms with E-state index in [9.17, 15) is 43.8 Å². The number of fused-ring (bicyclic) bond motifs is 2. The number of likely N-dealkylation sites (N-methyl/N-ethyl adjacent to an activating group) is 1. The van der Waals surface area contributed by atoms with Crippen LogP contribution in [0.2, 0.25) is 0 Å². The average molecular weight is 934 g/mol. The Morgan fingerprint density at radius 1 is 0.919 bits per heavy atom. The summed E-state index contributed by atoms with van der Waals surface area (Å²) < 4.78 is 0.757. The molecular formula is C35H39N11O12S4. The summed E-state index contributed by atoms with van der Waals surface area (Å²) in [5, 5.41) is 44.6. The maximum atomic E-state index is 12.9. The van der Waals surface area contributed by atoms with E-state index in [1.165, 1.54) is 47.0 Å². The molecule has 2 aromatic rings. The van der Waals surface area contributed by atoms with Gasteiger partial charge in [0, 0.05) is 40.7 Å². The number of aliphatic carboxylic acids is 3. The highest BCUT2D eigenvalue weighted by Gasteiger charge is 2.55. The Hall–Kier alpha value is -6.03. The highest BCUT2D eigenvalue weighted by atomic mass is 32.2. The number of nitrogen functional groups attached to an aromatic ring is 2. The van der Waals surface area contributed by atoms with Crippen LogP contribution in [0.3, 0.4) is 0 Å². The molecule has 7 rings (SSSR count). The summed E-state index contributed by atoms with van der Waals surface area (Å²) >= 11 is 4.87. The van der Waals surface area contributed by atoms with Gasteiger partial charge in [0.2, 0.25) is 6.61 Å². The molecule has 0 spiro atoms. The minimum atomic E-state index is -1.37. The third-order valence-electron chi connectivity index (χ3n) is 9.96. The summed E-state index contributed by atoms with van der Waals surface area (Å²) in [5.74, 6) is -5.78. The second-order valence-corrected chi connectivity index (χ2v) is 18.1. The summed E-state index contributed by atoms with van der Waals surface area (Å²) in [7, 11) is 3.39. The number of hydrogen-bond donors (Lipinski definition) is 6. The van der Waals surface area contributed by atoms with Crippen molar-refractivity contribution in [3.63, 3.8) is 0 Å². The zero-order chi connectivity index (χ0) is 45.0. The minimum absolute atomic E-state index is 0.0420. The molecule has 0 aliphatic carbocycles. The first-order valence-electron chi connectivity index (χ1n) is 18.3. The lowest BCUT2D eigenvalue weighted by atomic mass is 10.0. The molecular weight excluding hydrogens is 895 g/mol. The number of aromatic nitrogens is 2. The van der Waals surface area contributed by atoms with E-state index in [4.69, 9.17) is 21.4 Å². The number of amides is 4. The summed E-state index contributed by atoms with van der Waals surface area (Å²) in [6.45, 7) is 5.30. The molecule has 330 valence electrons. The number of carboxylic acids is 3.